The minimum atomic E-state index is -0.813. The average molecular weight is 1360 g/mol. The second-order valence-electron chi connectivity index (χ2n) is 26.2. The number of nitrogens with two attached hydrogens (primary N) is 2. The highest BCUT2D eigenvalue weighted by Crippen LogP contribution is 2.57. The quantitative estimate of drug-likeness (QED) is 0.0749. The zero-order valence-corrected chi connectivity index (χ0v) is 55.1. The number of aromatic nitrogens is 9. The van der Waals surface area contributed by atoms with Gasteiger partial charge in [-0.1, -0.05) is 76.3 Å². The van der Waals surface area contributed by atoms with E-state index in [2.05, 4.69) is 83.1 Å². The van der Waals surface area contributed by atoms with Crippen LogP contribution in [0.3, 0.4) is 0 Å². The van der Waals surface area contributed by atoms with Crippen LogP contribution in [0.2, 0.25) is 15.1 Å². The first-order valence-electron chi connectivity index (χ1n) is 28.3. The van der Waals surface area contributed by atoms with E-state index in [9.17, 15) is 38.4 Å². The van der Waals surface area contributed by atoms with Crippen molar-refractivity contribution in [2.24, 2.45) is 16.2 Å². The number of halogens is 4. The van der Waals surface area contributed by atoms with Crippen molar-refractivity contribution >= 4 is 127 Å². The van der Waals surface area contributed by atoms with E-state index in [4.69, 9.17) is 55.7 Å². The molecule has 0 aromatic carbocycles. The normalized spacial score (nSPS) is 21.2. The molecule has 6 aromatic heterocycles. The van der Waals surface area contributed by atoms with Crippen molar-refractivity contribution < 1.29 is 33.4 Å². The van der Waals surface area contributed by atoms with Crippen molar-refractivity contribution in [3.63, 3.8) is 0 Å². The van der Waals surface area contributed by atoms with Crippen molar-refractivity contribution in [1.29, 1.82) is 0 Å². The number of hydrogen-bond acceptors (Lipinski definition) is 20. The van der Waals surface area contributed by atoms with Gasteiger partial charge in [-0.3, -0.25) is 53.1 Å². The van der Waals surface area contributed by atoms with Gasteiger partial charge in [0, 0.05) is 34.4 Å². The highest BCUT2D eigenvalue weighted by molar-refractivity contribution is 9.10. The molecule has 28 nitrogen and oxygen atoms in total. The lowest BCUT2D eigenvalue weighted by Crippen LogP contribution is -2.63. The lowest BCUT2D eigenvalue weighted by Gasteiger charge is -2.54. The molecule has 32 heteroatoms. The fourth-order valence-electron chi connectivity index (χ4n) is 11.5. The van der Waals surface area contributed by atoms with Crippen LogP contribution in [0.5, 0.6) is 0 Å². The topological polar surface area (TPSA) is 383 Å². The number of carbonyl (C=O) groups excluding carboxylic acids is 5. The Morgan fingerprint density at radius 3 is 1.13 bits per heavy atom. The number of rotatable bonds is 6. The number of nitrogens with zero attached hydrogens (tertiary/aromatic N) is 9. The van der Waals surface area contributed by atoms with Gasteiger partial charge < -0.3 is 47.5 Å². The molecule has 3 saturated carbocycles. The second kappa shape index (κ2) is 23.4. The monoisotopic (exact) mass is 1360 g/mol. The van der Waals surface area contributed by atoms with Crippen LogP contribution >= 0.6 is 50.7 Å². The summed E-state index contributed by atoms with van der Waals surface area (Å²) >= 11 is 22.0. The Balaban J connectivity index is 0.000000148. The zero-order chi connectivity index (χ0) is 66.2. The molecule has 6 aliphatic rings. The molecule has 0 bridgehead atoms. The Bertz CT molecular complexity index is 4160. The van der Waals surface area contributed by atoms with Crippen molar-refractivity contribution in [3.8, 4) is 0 Å². The van der Waals surface area contributed by atoms with Gasteiger partial charge in [-0.25, -0.2) is 39.5 Å². The number of carbonyl (C=O) groups is 5. The smallest absolute Gasteiger partial charge is 0.413 e. The van der Waals surface area contributed by atoms with Gasteiger partial charge in [0.2, 0.25) is 0 Å². The predicted octanol–water partition coefficient (Wildman–Crippen LogP) is 9.32. The van der Waals surface area contributed by atoms with E-state index in [1.165, 1.54) is 69.1 Å². The van der Waals surface area contributed by atoms with Crippen LogP contribution < -0.4 is 65.4 Å². The molecule has 478 valence electrons. The molecule has 9 heterocycles. The van der Waals surface area contributed by atoms with Gasteiger partial charge in [0.1, 0.15) is 111 Å². The first kappa shape index (κ1) is 66.0. The van der Waals surface area contributed by atoms with Crippen molar-refractivity contribution in [2.75, 3.05) is 32.7 Å². The minimum absolute atomic E-state index is 0.151. The molecule has 3 fully saturated rings. The number of nitrogens with one attached hydrogen (secondary N) is 7. The average Bonchev–Trinajstić information content (AvgIpc) is 1.51. The Labute approximate surface area is 538 Å². The maximum Gasteiger partial charge on any atom is 0.413 e. The summed E-state index contributed by atoms with van der Waals surface area (Å²) in [6.07, 6.45) is 7.36. The molecule has 0 saturated heterocycles. The summed E-state index contributed by atoms with van der Waals surface area (Å²) in [5, 5.41) is 20.4. The summed E-state index contributed by atoms with van der Waals surface area (Å²) in [7, 11) is 0. The molecule has 0 radical (unpaired) electrons. The summed E-state index contributed by atoms with van der Waals surface area (Å²) in [4.78, 5) is 123. The van der Waals surface area contributed by atoms with Gasteiger partial charge in [-0.05, 0) is 114 Å². The van der Waals surface area contributed by atoms with E-state index < -0.39 is 45.9 Å². The molecule has 6 aromatic rings. The number of hydrogen-bond donors (Lipinski definition) is 9. The maximum atomic E-state index is 13.4. The summed E-state index contributed by atoms with van der Waals surface area (Å²) in [5.74, 6) is 0.755. The van der Waals surface area contributed by atoms with Gasteiger partial charge in [0.25, 0.3) is 34.4 Å². The van der Waals surface area contributed by atoms with Crippen LogP contribution in [0.25, 0.3) is 0 Å². The minimum Gasteiger partial charge on any atom is -0.444 e. The zero-order valence-electron chi connectivity index (χ0n) is 51.2. The maximum absolute atomic E-state index is 13.4. The molecule has 5 amide bonds. The lowest BCUT2D eigenvalue weighted by atomic mass is 9.62. The third-order valence-corrected chi connectivity index (χ3v) is 18.1. The Morgan fingerprint density at radius 2 is 0.800 bits per heavy atom. The number of anilines is 8. The number of ether oxygens (including phenoxy) is 2. The van der Waals surface area contributed by atoms with Gasteiger partial charge in [-0.2, -0.15) is 0 Å². The molecule has 3 unspecified atom stereocenters. The van der Waals surface area contributed by atoms with Crippen LogP contribution in [0, 0.1) is 16.2 Å². The van der Waals surface area contributed by atoms with Crippen molar-refractivity contribution in [3.05, 3.63) is 123 Å². The first-order chi connectivity index (χ1) is 41.7. The fraction of sp³-hybridized carbons (Fsp3) is 0.448. The summed E-state index contributed by atoms with van der Waals surface area (Å²) in [6.45, 7) is 22.7. The van der Waals surface area contributed by atoms with E-state index in [1.807, 2.05) is 41.5 Å². The molecule has 11 N–H and O–H groups in total. The number of amides is 5. The van der Waals surface area contributed by atoms with E-state index in [1.54, 1.807) is 41.5 Å². The van der Waals surface area contributed by atoms with Crippen molar-refractivity contribution in [1.82, 2.24) is 59.6 Å². The SMILES string of the molecule is CC(C)(C)OC(=O)Nc1cc(N)ncn1.CC(C)(C)OC(=O)Nc1cc(Nc2cc(Cl)c3n(c2=O)C2(CCC2(C)C)NC3=O)ncn1.CC1(C)CCC12NC(=O)c1c(Cl)cc(Br)c(=O)n12.CC1(C)CCC12NC(=O)c1c(Cl)cc(Nc3cc(N)ncn3)c(=O)n12. The highest BCUT2D eigenvalue weighted by Gasteiger charge is 2.63. The summed E-state index contributed by atoms with van der Waals surface area (Å²) < 4.78 is 15.1. The van der Waals surface area contributed by atoms with Gasteiger partial charge >= 0.3 is 12.2 Å². The number of fused-ring (bicyclic) bond motifs is 6. The lowest BCUT2D eigenvalue weighted by molar-refractivity contribution is -0.0504. The number of nitrogen functional groups attached to an aromatic ring is 2. The molecule has 3 spiro atoms. The van der Waals surface area contributed by atoms with Crippen LogP contribution in [0.4, 0.5) is 55.9 Å². The Kier molecular flexibility index (Phi) is 17.2. The standard InChI is InChI=1S/C21H25ClN6O4.C16H17ClN6O2.C12H12BrClN2O2.C9H14N4O2/c1-19(2,3)32-18(31)26-14-9-13(23-10-24-14)25-12-8-11(22)15-16(29)27-21(28(15)17(12)30)7-6-20(21,4)5;1-15(2)3-4-16(15)22-13(24)12-8(17)5-9(14(25)23(12)16)21-11-6-10(18)19-7-20-11;1-11(2)3-4-12(11)15-9(17)8-7(14)5-6(13)10(18)16(8)12;1-9(2,3)15-8(14)13-7-4-6(10)11-5-12-7/h8-10H,6-7H2,1-5H3,(H,27,29)(H2,23,24,25,26,31);5-7H,3-4H2,1-2H3,(H,22,24)(H3,18,19,20,21);5H,3-4H2,1-2H3,(H,15,17);4-5H,1-3H3,(H3,10,11,12,13,14). The van der Waals surface area contributed by atoms with Gasteiger partial charge in [0.15, 0.2) is 0 Å². The molecule has 12 rings (SSSR count). The summed E-state index contributed by atoms with van der Waals surface area (Å²) in [5.41, 5.74) is 7.05. The van der Waals surface area contributed by atoms with Gasteiger partial charge in [-0.15, -0.1) is 0 Å². The largest absolute Gasteiger partial charge is 0.444 e. The van der Waals surface area contributed by atoms with E-state index >= 15 is 0 Å². The fourth-order valence-corrected chi connectivity index (χ4v) is 12.9. The highest BCUT2D eigenvalue weighted by atomic mass is 79.9. The van der Waals surface area contributed by atoms with Crippen LogP contribution in [-0.4, -0.2) is 84.7 Å². The summed E-state index contributed by atoms with van der Waals surface area (Å²) in [6, 6.07) is 8.75. The Morgan fingerprint density at radius 1 is 0.489 bits per heavy atom. The third kappa shape index (κ3) is 12.2. The third-order valence-electron chi connectivity index (χ3n) is 16.7. The molecule has 3 aliphatic heterocycles. The molecular weight excluding hydrogens is 1300 g/mol. The molecular formula is C58H68BrCl3N18O10. The van der Waals surface area contributed by atoms with E-state index in [-0.39, 0.29) is 107 Å². The van der Waals surface area contributed by atoms with E-state index in [0.717, 1.165) is 25.7 Å². The molecule has 3 atom stereocenters. The Hall–Kier alpha value is -8.41. The molecule has 3 aliphatic carbocycles. The van der Waals surface area contributed by atoms with Crippen LogP contribution in [0.15, 0.2) is 74.2 Å². The van der Waals surface area contributed by atoms with Gasteiger partial charge in [0.05, 0.1) is 19.5 Å². The number of pyridine rings is 3. The first-order valence-corrected chi connectivity index (χ1v) is 30.2. The van der Waals surface area contributed by atoms with E-state index in [0.29, 0.717) is 34.0 Å². The van der Waals surface area contributed by atoms with Crippen molar-refractivity contribution in [2.45, 2.75) is 150 Å². The molecule has 90 heavy (non-hydrogen) atoms. The second-order valence-corrected chi connectivity index (χ2v) is 28.2. The van der Waals surface area contributed by atoms with Crippen LogP contribution in [0.1, 0.15) is 153 Å². The predicted molar refractivity (Wildman–Crippen MR) is 341 cm³/mol. The van der Waals surface area contributed by atoms with Crippen LogP contribution in [-0.2, 0) is 26.5 Å².